The van der Waals surface area contributed by atoms with Crippen LogP contribution in [0, 0.1) is 0 Å². The molecule has 0 saturated heterocycles. The number of aliphatic hydroxyl groups excluding tert-OH is 2. The monoisotopic (exact) mass is 1210 g/mol. The van der Waals surface area contributed by atoms with Gasteiger partial charge in [-0.05, 0) is 25.7 Å². The normalized spacial score (nSPS) is 12.4. The fourth-order valence-corrected chi connectivity index (χ4v) is 13.3. The van der Waals surface area contributed by atoms with E-state index in [-0.39, 0.29) is 18.5 Å². The third-order valence-corrected chi connectivity index (χ3v) is 19.4. The number of ether oxygens (including phenoxy) is 1. The topological polar surface area (TPSA) is 95.9 Å². The van der Waals surface area contributed by atoms with E-state index in [4.69, 9.17) is 4.74 Å². The molecule has 0 aromatic rings. The van der Waals surface area contributed by atoms with Gasteiger partial charge in [-0.1, -0.05) is 438 Å². The van der Waals surface area contributed by atoms with Gasteiger partial charge in [-0.3, -0.25) is 9.59 Å². The SMILES string of the molecule is CCCCCCCCCCCCCCCCCCCCCCCCC(O)C(CO)NC(=O)CCCCCCCCCCCCCCCCCCCCCCCCCCCCCCCOC(=O)CCCCCCCCCCCCCCCCCCCC. The molecule has 86 heavy (non-hydrogen) atoms. The molecule has 2 unspecified atom stereocenters. The Morgan fingerprint density at radius 3 is 0.709 bits per heavy atom. The Kier molecular flexibility index (Phi) is 75.3. The van der Waals surface area contributed by atoms with E-state index in [2.05, 4.69) is 19.2 Å². The van der Waals surface area contributed by atoms with Crippen LogP contribution in [0.3, 0.4) is 0 Å². The summed E-state index contributed by atoms with van der Waals surface area (Å²) in [4.78, 5) is 24.7. The van der Waals surface area contributed by atoms with Crippen molar-refractivity contribution in [1.82, 2.24) is 5.32 Å². The van der Waals surface area contributed by atoms with Gasteiger partial charge in [0.15, 0.2) is 0 Å². The van der Waals surface area contributed by atoms with Crippen LogP contribution in [-0.2, 0) is 14.3 Å². The second-order valence-corrected chi connectivity index (χ2v) is 28.1. The summed E-state index contributed by atoms with van der Waals surface area (Å²) in [6, 6.07) is -0.539. The van der Waals surface area contributed by atoms with E-state index >= 15 is 0 Å². The summed E-state index contributed by atoms with van der Waals surface area (Å²) in [5.41, 5.74) is 0. The molecular weight excluding hydrogens is 1050 g/mol. The van der Waals surface area contributed by atoms with Crippen LogP contribution in [-0.4, -0.2) is 47.4 Å². The van der Waals surface area contributed by atoms with E-state index in [9.17, 15) is 19.8 Å². The van der Waals surface area contributed by atoms with Gasteiger partial charge < -0.3 is 20.3 Å². The van der Waals surface area contributed by atoms with Crippen LogP contribution in [0.4, 0.5) is 0 Å². The van der Waals surface area contributed by atoms with Crippen LogP contribution in [0.2, 0.25) is 0 Å². The molecule has 0 aliphatic heterocycles. The number of unbranched alkanes of at least 4 members (excludes halogenated alkanes) is 66. The molecule has 0 rings (SSSR count). The average Bonchev–Trinajstić information content (AvgIpc) is 3.54. The van der Waals surface area contributed by atoms with E-state index in [1.807, 2.05) is 0 Å². The van der Waals surface area contributed by atoms with Crippen LogP contribution in [0.25, 0.3) is 0 Å². The second kappa shape index (κ2) is 76.3. The lowest BCUT2D eigenvalue weighted by Crippen LogP contribution is -2.45. The molecule has 6 heteroatoms. The zero-order chi connectivity index (χ0) is 62.0. The highest BCUT2D eigenvalue weighted by atomic mass is 16.5. The number of esters is 1. The summed E-state index contributed by atoms with van der Waals surface area (Å²) in [6.45, 7) is 5.02. The number of rotatable bonds is 77. The molecule has 514 valence electrons. The molecule has 0 heterocycles. The molecule has 0 aliphatic rings. The average molecular weight is 1220 g/mol. The quantitative estimate of drug-likeness (QED) is 0.0417. The second-order valence-electron chi connectivity index (χ2n) is 28.1. The summed E-state index contributed by atoms with van der Waals surface area (Å²) in [5.74, 6) is 0.000586. The number of amides is 1. The van der Waals surface area contributed by atoms with Crippen molar-refractivity contribution in [3.8, 4) is 0 Å². The molecule has 0 aromatic heterocycles. The molecule has 0 bridgehead atoms. The van der Waals surface area contributed by atoms with Gasteiger partial charge in [-0.25, -0.2) is 0 Å². The maximum atomic E-state index is 12.6. The predicted molar refractivity (Wildman–Crippen MR) is 380 cm³/mol. The molecule has 2 atom stereocenters. The molecule has 0 spiro atoms. The van der Waals surface area contributed by atoms with Crippen molar-refractivity contribution in [3.05, 3.63) is 0 Å². The van der Waals surface area contributed by atoms with Crippen LogP contribution >= 0.6 is 0 Å². The molecule has 0 saturated carbocycles. The van der Waals surface area contributed by atoms with E-state index in [1.54, 1.807) is 0 Å². The zero-order valence-electron chi connectivity index (χ0n) is 59.1. The number of carbonyl (C=O) groups is 2. The van der Waals surface area contributed by atoms with Crippen LogP contribution in [0.5, 0.6) is 0 Å². The third kappa shape index (κ3) is 71.9. The maximum Gasteiger partial charge on any atom is 0.305 e. The van der Waals surface area contributed by atoms with Gasteiger partial charge in [0.05, 0.1) is 25.4 Å². The van der Waals surface area contributed by atoms with Gasteiger partial charge in [-0.15, -0.1) is 0 Å². The van der Waals surface area contributed by atoms with Crippen LogP contribution in [0.1, 0.15) is 476 Å². The summed E-state index contributed by atoms with van der Waals surface area (Å²) < 4.78 is 5.52. The number of carbonyl (C=O) groups excluding carboxylic acids is 2. The Morgan fingerprint density at radius 1 is 0.279 bits per heavy atom. The van der Waals surface area contributed by atoms with Crippen molar-refractivity contribution in [1.29, 1.82) is 0 Å². The minimum atomic E-state index is -0.662. The van der Waals surface area contributed by atoms with Crippen molar-refractivity contribution < 1.29 is 24.5 Å². The summed E-state index contributed by atoms with van der Waals surface area (Å²) in [7, 11) is 0. The first-order chi connectivity index (χ1) is 42.5. The number of hydrogen-bond donors (Lipinski definition) is 3. The molecular formula is C80H159NO5. The minimum absolute atomic E-state index is 0.0251. The van der Waals surface area contributed by atoms with E-state index in [0.717, 1.165) is 38.5 Å². The van der Waals surface area contributed by atoms with Gasteiger partial charge in [0.1, 0.15) is 0 Å². The largest absolute Gasteiger partial charge is 0.466 e. The van der Waals surface area contributed by atoms with Crippen LogP contribution in [0.15, 0.2) is 0 Å². The standard InChI is InChI=1S/C80H159NO5/c1-3-5-7-9-11-13-15-17-19-21-23-24-34-37-40-44-48-52-56-60-64-68-72-78(83)77(76-82)81-79(84)73-69-65-61-57-53-49-45-41-38-35-32-30-28-26-25-27-29-31-33-36-39-43-47-51-55-59-63-67-71-75-86-80(85)74-70-66-62-58-54-50-46-42-22-20-18-16-14-12-10-8-6-4-2/h77-78,82-83H,3-76H2,1-2H3,(H,81,84). The first-order valence-corrected chi connectivity index (χ1v) is 40.3. The van der Waals surface area contributed by atoms with Crippen molar-refractivity contribution in [2.45, 2.75) is 488 Å². The number of nitrogens with one attached hydrogen (secondary N) is 1. The number of aliphatic hydroxyl groups is 2. The molecule has 0 aromatic carbocycles. The highest BCUT2D eigenvalue weighted by Crippen LogP contribution is 2.21. The van der Waals surface area contributed by atoms with Crippen LogP contribution < -0.4 is 5.32 Å². The summed E-state index contributed by atoms with van der Waals surface area (Å²) in [5, 5.41) is 23.5. The summed E-state index contributed by atoms with van der Waals surface area (Å²) >= 11 is 0. The highest BCUT2D eigenvalue weighted by molar-refractivity contribution is 5.76. The number of hydrogen-bond acceptors (Lipinski definition) is 5. The van der Waals surface area contributed by atoms with Crippen molar-refractivity contribution in [2.75, 3.05) is 13.2 Å². The lowest BCUT2D eigenvalue weighted by Gasteiger charge is -2.22. The van der Waals surface area contributed by atoms with Gasteiger partial charge in [0.2, 0.25) is 5.91 Å². The van der Waals surface area contributed by atoms with Gasteiger partial charge in [0.25, 0.3) is 0 Å². The lowest BCUT2D eigenvalue weighted by atomic mass is 10.0. The Labute approximate surface area is 540 Å². The Bertz CT molecular complexity index is 1260. The highest BCUT2D eigenvalue weighted by Gasteiger charge is 2.20. The lowest BCUT2D eigenvalue weighted by molar-refractivity contribution is -0.143. The Hall–Kier alpha value is -1.14. The van der Waals surface area contributed by atoms with Gasteiger partial charge >= 0.3 is 5.97 Å². The smallest absolute Gasteiger partial charge is 0.305 e. The first-order valence-electron chi connectivity index (χ1n) is 40.3. The third-order valence-electron chi connectivity index (χ3n) is 19.4. The van der Waals surface area contributed by atoms with Gasteiger partial charge in [0, 0.05) is 12.8 Å². The summed E-state index contributed by atoms with van der Waals surface area (Å²) in [6.07, 6.45) is 94.8. The fraction of sp³-hybridized carbons (Fsp3) is 0.975. The van der Waals surface area contributed by atoms with Crippen molar-refractivity contribution in [2.24, 2.45) is 0 Å². The van der Waals surface area contributed by atoms with Crippen molar-refractivity contribution in [3.63, 3.8) is 0 Å². The Morgan fingerprint density at radius 2 is 0.477 bits per heavy atom. The molecule has 0 aliphatic carbocycles. The molecule has 0 radical (unpaired) electrons. The maximum absolute atomic E-state index is 12.6. The Balaban J connectivity index is 3.32. The fourth-order valence-electron chi connectivity index (χ4n) is 13.3. The van der Waals surface area contributed by atoms with Crippen molar-refractivity contribution >= 4 is 11.9 Å². The zero-order valence-corrected chi connectivity index (χ0v) is 59.1. The molecule has 0 fully saturated rings. The molecule has 6 nitrogen and oxygen atoms in total. The van der Waals surface area contributed by atoms with E-state index in [0.29, 0.717) is 25.9 Å². The van der Waals surface area contributed by atoms with E-state index in [1.165, 1.54) is 405 Å². The predicted octanol–water partition coefficient (Wildman–Crippen LogP) is 26.5. The first kappa shape index (κ1) is 84.9. The van der Waals surface area contributed by atoms with Gasteiger partial charge in [-0.2, -0.15) is 0 Å². The van der Waals surface area contributed by atoms with E-state index < -0.39 is 12.1 Å². The molecule has 3 N–H and O–H groups in total. The minimum Gasteiger partial charge on any atom is -0.466 e. The molecule has 1 amide bonds.